The molecule has 0 saturated carbocycles. The van der Waals surface area contributed by atoms with Gasteiger partial charge in [-0.05, 0) is 31.5 Å². The van der Waals surface area contributed by atoms with E-state index in [0.717, 1.165) is 0 Å². The standard InChI is InChI=1S/C16H17N3O4/c1-11(5-6-15(20)21)19-16(22)12-3-2-4-13(9-12)23-14-10-17-7-8-18-14/h2-4,7-11H,5-6H2,1H3,(H,19,22)(H,20,21). The van der Waals surface area contributed by atoms with E-state index in [1.807, 2.05) is 0 Å². The minimum atomic E-state index is -0.884. The molecule has 7 heteroatoms. The minimum absolute atomic E-state index is 0.0112. The third kappa shape index (κ3) is 5.39. The molecule has 0 saturated heterocycles. The van der Waals surface area contributed by atoms with Gasteiger partial charge in [0.15, 0.2) is 0 Å². The van der Waals surface area contributed by atoms with Crippen LogP contribution in [0.25, 0.3) is 0 Å². The lowest BCUT2D eigenvalue weighted by Gasteiger charge is -2.13. The number of aromatic nitrogens is 2. The Morgan fingerprint density at radius 2 is 2.17 bits per heavy atom. The van der Waals surface area contributed by atoms with Crippen molar-refractivity contribution in [3.05, 3.63) is 48.4 Å². The molecule has 0 aliphatic rings. The number of ether oxygens (including phenoxy) is 1. The second-order valence-electron chi connectivity index (χ2n) is 4.98. The lowest BCUT2D eigenvalue weighted by atomic mass is 10.1. The highest BCUT2D eigenvalue weighted by Crippen LogP contribution is 2.19. The number of nitrogens with zero attached hydrogens (tertiary/aromatic N) is 2. The lowest BCUT2D eigenvalue weighted by molar-refractivity contribution is -0.137. The Morgan fingerprint density at radius 1 is 1.35 bits per heavy atom. The van der Waals surface area contributed by atoms with Gasteiger partial charge in [0.05, 0.1) is 6.20 Å². The van der Waals surface area contributed by atoms with Crippen molar-refractivity contribution < 1.29 is 19.4 Å². The van der Waals surface area contributed by atoms with Crippen LogP contribution in [0.1, 0.15) is 30.1 Å². The van der Waals surface area contributed by atoms with Crippen molar-refractivity contribution in [3.8, 4) is 11.6 Å². The summed E-state index contributed by atoms with van der Waals surface area (Å²) in [5.74, 6) is -0.367. The van der Waals surface area contributed by atoms with E-state index in [1.54, 1.807) is 31.2 Å². The zero-order valence-electron chi connectivity index (χ0n) is 12.6. The Morgan fingerprint density at radius 3 is 2.87 bits per heavy atom. The van der Waals surface area contributed by atoms with Crippen LogP contribution in [0.2, 0.25) is 0 Å². The van der Waals surface area contributed by atoms with E-state index in [4.69, 9.17) is 9.84 Å². The van der Waals surface area contributed by atoms with E-state index in [1.165, 1.54) is 18.6 Å². The highest BCUT2D eigenvalue weighted by atomic mass is 16.5. The Bertz CT molecular complexity index is 676. The molecule has 0 bridgehead atoms. The molecule has 0 aliphatic carbocycles. The van der Waals surface area contributed by atoms with Crippen molar-refractivity contribution in [2.75, 3.05) is 0 Å². The largest absolute Gasteiger partial charge is 0.481 e. The summed E-state index contributed by atoms with van der Waals surface area (Å²) in [7, 11) is 0. The van der Waals surface area contributed by atoms with Crippen LogP contribution < -0.4 is 10.1 Å². The van der Waals surface area contributed by atoms with Gasteiger partial charge in [-0.15, -0.1) is 0 Å². The van der Waals surface area contributed by atoms with Gasteiger partial charge in [-0.3, -0.25) is 14.6 Å². The average molecular weight is 315 g/mol. The highest BCUT2D eigenvalue weighted by Gasteiger charge is 2.12. The Kier molecular flexibility index (Phi) is 5.62. The lowest BCUT2D eigenvalue weighted by Crippen LogP contribution is -2.32. The summed E-state index contributed by atoms with van der Waals surface area (Å²) < 4.78 is 5.52. The normalized spacial score (nSPS) is 11.5. The molecule has 23 heavy (non-hydrogen) atoms. The molecule has 7 nitrogen and oxygen atoms in total. The maximum absolute atomic E-state index is 12.2. The van der Waals surface area contributed by atoms with Crippen LogP contribution in [-0.2, 0) is 4.79 Å². The molecule has 1 amide bonds. The molecule has 1 unspecified atom stereocenters. The van der Waals surface area contributed by atoms with Gasteiger partial charge >= 0.3 is 5.97 Å². The van der Waals surface area contributed by atoms with Gasteiger partial charge in [-0.1, -0.05) is 6.07 Å². The Balaban J connectivity index is 1.98. The fourth-order valence-electron chi connectivity index (χ4n) is 1.88. The summed E-state index contributed by atoms with van der Waals surface area (Å²) in [6.45, 7) is 1.76. The topological polar surface area (TPSA) is 101 Å². The van der Waals surface area contributed by atoms with E-state index in [2.05, 4.69) is 15.3 Å². The maximum Gasteiger partial charge on any atom is 0.303 e. The van der Waals surface area contributed by atoms with Crippen molar-refractivity contribution in [1.29, 1.82) is 0 Å². The summed E-state index contributed by atoms with van der Waals surface area (Å²) in [5.41, 5.74) is 0.425. The first kappa shape index (κ1) is 16.4. The van der Waals surface area contributed by atoms with Gasteiger partial charge < -0.3 is 15.2 Å². The van der Waals surface area contributed by atoms with Crippen LogP contribution >= 0.6 is 0 Å². The van der Waals surface area contributed by atoms with Crippen LogP contribution in [0, 0.1) is 0 Å². The molecule has 0 radical (unpaired) electrons. The van der Waals surface area contributed by atoms with E-state index < -0.39 is 5.97 Å². The SMILES string of the molecule is CC(CCC(=O)O)NC(=O)c1cccc(Oc2cnccn2)c1. The minimum Gasteiger partial charge on any atom is -0.481 e. The molecule has 2 N–H and O–H groups in total. The summed E-state index contributed by atoms with van der Waals surface area (Å²) in [6, 6.07) is 6.42. The van der Waals surface area contributed by atoms with E-state index >= 15 is 0 Å². The Labute approximate surface area is 133 Å². The number of rotatable bonds is 7. The van der Waals surface area contributed by atoms with Gasteiger partial charge in [0.2, 0.25) is 5.88 Å². The van der Waals surface area contributed by atoms with Crippen LogP contribution in [0.4, 0.5) is 0 Å². The van der Waals surface area contributed by atoms with Crippen molar-refractivity contribution in [2.24, 2.45) is 0 Å². The zero-order valence-corrected chi connectivity index (χ0v) is 12.6. The molecule has 1 atom stereocenters. The summed E-state index contributed by atoms with van der Waals surface area (Å²) in [4.78, 5) is 30.6. The fraction of sp³-hybridized carbons (Fsp3) is 0.250. The molecule has 1 heterocycles. The molecule has 0 fully saturated rings. The number of carbonyl (C=O) groups excluding carboxylic acids is 1. The predicted octanol–water partition coefficient (Wildman–Crippen LogP) is 2.25. The molecule has 0 aliphatic heterocycles. The van der Waals surface area contributed by atoms with Gasteiger partial charge in [0.1, 0.15) is 5.75 Å². The van der Waals surface area contributed by atoms with Crippen molar-refractivity contribution in [3.63, 3.8) is 0 Å². The number of carboxylic acid groups (broad SMARTS) is 1. The van der Waals surface area contributed by atoms with Crippen LogP contribution in [0.15, 0.2) is 42.9 Å². The monoisotopic (exact) mass is 315 g/mol. The molecule has 120 valence electrons. The average Bonchev–Trinajstić information content (AvgIpc) is 2.54. The van der Waals surface area contributed by atoms with Crippen molar-refractivity contribution in [1.82, 2.24) is 15.3 Å². The van der Waals surface area contributed by atoms with E-state index in [-0.39, 0.29) is 18.4 Å². The van der Waals surface area contributed by atoms with Gasteiger partial charge in [0, 0.05) is 30.4 Å². The first-order valence-electron chi connectivity index (χ1n) is 7.11. The number of amides is 1. The number of benzene rings is 1. The molecule has 1 aromatic carbocycles. The van der Waals surface area contributed by atoms with Crippen LogP contribution in [0.3, 0.4) is 0 Å². The first-order chi connectivity index (χ1) is 11.0. The summed E-state index contributed by atoms with van der Waals surface area (Å²) in [6.07, 6.45) is 4.90. The van der Waals surface area contributed by atoms with Crippen LogP contribution in [-0.4, -0.2) is 33.0 Å². The quantitative estimate of drug-likeness (QED) is 0.812. The molecule has 0 spiro atoms. The zero-order chi connectivity index (χ0) is 16.7. The van der Waals surface area contributed by atoms with E-state index in [9.17, 15) is 9.59 Å². The Hall–Kier alpha value is -2.96. The van der Waals surface area contributed by atoms with Gasteiger partial charge in [-0.2, -0.15) is 0 Å². The van der Waals surface area contributed by atoms with Gasteiger partial charge in [0.25, 0.3) is 5.91 Å². The first-order valence-corrected chi connectivity index (χ1v) is 7.11. The second kappa shape index (κ2) is 7.88. The third-order valence-electron chi connectivity index (χ3n) is 3.03. The predicted molar refractivity (Wildman–Crippen MR) is 82.3 cm³/mol. The smallest absolute Gasteiger partial charge is 0.303 e. The highest BCUT2D eigenvalue weighted by molar-refractivity contribution is 5.94. The number of aliphatic carboxylic acids is 1. The van der Waals surface area contributed by atoms with E-state index in [0.29, 0.717) is 23.6 Å². The number of hydrogen-bond donors (Lipinski definition) is 2. The molecular formula is C16H17N3O4. The van der Waals surface area contributed by atoms with Gasteiger partial charge in [-0.25, -0.2) is 4.98 Å². The number of carbonyl (C=O) groups is 2. The third-order valence-corrected chi connectivity index (χ3v) is 3.03. The molecule has 2 aromatic rings. The summed E-state index contributed by atoms with van der Waals surface area (Å²) in [5, 5.41) is 11.4. The summed E-state index contributed by atoms with van der Waals surface area (Å²) >= 11 is 0. The fourth-order valence-corrected chi connectivity index (χ4v) is 1.88. The van der Waals surface area contributed by atoms with Crippen molar-refractivity contribution in [2.45, 2.75) is 25.8 Å². The molecule has 2 rings (SSSR count). The molecule has 1 aromatic heterocycles. The molecular weight excluding hydrogens is 298 g/mol. The van der Waals surface area contributed by atoms with Crippen molar-refractivity contribution >= 4 is 11.9 Å². The van der Waals surface area contributed by atoms with Crippen LogP contribution in [0.5, 0.6) is 11.6 Å². The maximum atomic E-state index is 12.2. The number of carboxylic acids is 1. The number of nitrogens with one attached hydrogen (secondary N) is 1. The number of hydrogen-bond acceptors (Lipinski definition) is 5. The second-order valence-corrected chi connectivity index (χ2v) is 4.98.